The summed E-state index contributed by atoms with van der Waals surface area (Å²) in [6.45, 7) is 8.72. The second kappa shape index (κ2) is 6.66. The van der Waals surface area contributed by atoms with Crippen LogP contribution in [0.2, 0.25) is 0 Å². The summed E-state index contributed by atoms with van der Waals surface area (Å²) in [6.07, 6.45) is 2.44. The molecular weight excluding hydrogens is 292 g/mol. The van der Waals surface area contributed by atoms with Crippen LogP contribution in [0.3, 0.4) is 0 Å². The van der Waals surface area contributed by atoms with Crippen LogP contribution in [0.15, 0.2) is 24.3 Å². The molecule has 0 radical (unpaired) electrons. The number of ether oxygens (including phenoxy) is 1. The smallest absolute Gasteiger partial charge is 0.121 e. The van der Waals surface area contributed by atoms with E-state index >= 15 is 0 Å². The van der Waals surface area contributed by atoms with Crippen LogP contribution in [-0.4, -0.2) is 13.4 Å². The topological polar surface area (TPSA) is 26.3 Å². The van der Waals surface area contributed by atoms with Gasteiger partial charge in [0.25, 0.3) is 0 Å². The lowest BCUT2D eigenvalue weighted by atomic mass is 9.82. The second-order valence-electron chi connectivity index (χ2n) is 6.23. The van der Waals surface area contributed by atoms with Crippen LogP contribution in [0.1, 0.15) is 46.7 Å². The zero-order valence-electron chi connectivity index (χ0n) is 14.0. The number of aldehydes is 1. The monoisotopic (exact) mass is 316 g/mol. The highest BCUT2D eigenvalue weighted by Crippen LogP contribution is 2.39. The molecule has 0 fully saturated rings. The Bertz CT molecular complexity index is 668. The number of methoxy groups -OCH3 is 1. The summed E-state index contributed by atoms with van der Waals surface area (Å²) >= 11 is 1.83. The van der Waals surface area contributed by atoms with Crippen LogP contribution >= 0.6 is 11.3 Å². The van der Waals surface area contributed by atoms with Crippen molar-refractivity contribution in [2.24, 2.45) is 0 Å². The van der Waals surface area contributed by atoms with E-state index in [2.05, 4.69) is 45.9 Å². The number of aryl methyl sites for hydroxylation is 3. The third-order valence-electron chi connectivity index (χ3n) is 4.24. The first-order chi connectivity index (χ1) is 10.4. The third-order valence-corrected chi connectivity index (χ3v) is 5.86. The maximum absolute atomic E-state index is 10.6. The largest absolute Gasteiger partial charge is 0.496 e. The molecule has 0 saturated carbocycles. The van der Waals surface area contributed by atoms with Gasteiger partial charge >= 0.3 is 0 Å². The number of rotatable bonds is 6. The molecule has 0 aliphatic carbocycles. The molecule has 0 N–H and O–H groups in total. The highest BCUT2D eigenvalue weighted by atomic mass is 32.1. The zero-order valence-corrected chi connectivity index (χ0v) is 14.8. The summed E-state index contributed by atoms with van der Waals surface area (Å²) in [5.41, 5.74) is 3.68. The van der Waals surface area contributed by atoms with Crippen molar-refractivity contribution >= 4 is 17.6 Å². The molecule has 22 heavy (non-hydrogen) atoms. The first kappa shape index (κ1) is 16.8. The highest BCUT2D eigenvalue weighted by molar-refractivity contribution is 7.12. The van der Waals surface area contributed by atoms with Gasteiger partial charge in [-0.15, -0.1) is 11.3 Å². The predicted octanol–water partition coefficient (Wildman–Crippen LogP) is 4.83. The van der Waals surface area contributed by atoms with Crippen molar-refractivity contribution in [3.63, 3.8) is 0 Å². The van der Waals surface area contributed by atoms with E-state index in [1.165, 1.54) is 20.9 Å². The van der Waals surface area contributed by atoms with Gasteiger partial charge in [-0.25, -0.2) is 0 Å². The van der Waals surface area contributed by atoms with Crippen LogP contribution in [0, 0.1) is 13.8 Å². The fourth-order valence-electron chi connectivity index (χ4n) is 2.68. The molecule has 0 atom stereocenters. The number of carbonyl (C=O) groups is 1. The Morgan fingerprint density at radius 3 is 2.50 bits per heavy atom. The lowest BCUT2D eigenvalue weighted by Gasteiger charge is -2.25. The Morgan fingerprint density at radius 2 is 1.91 bits per heavy atom. The van der Waals surface area contributed by atoms with Gasteiger partial charge in [0.2, 0.25) is 0 Å². The fourth-order valence-corrected chi connectivity index (χ4v) is 3.99. The minimum Gasteiger partial charge on any atom is -0.496 e. The molecule has 0 bridgehead atoms. The van der Waals surface area contributed by atoms with Crippen molar-refractivity contribution in [2.75, 3.05) is 7.11 Å². The lowest BCUT2D eigenvalue weighted by Crippen LogP contribution is -2.17. The summed E-state index contributed by atoms with van der Waals surface area (Å²) in [5.74, 6) is 0.925. The first-order valence-corrected chi connectivity index (χ1v) is 8.40. The average molecular weight is 316 g/mol. The van der Waals surface area contributed by atoms with Crippen molar-refractivity contribution in [3.05, 3.63) is 50.7 Å². The fraction of sp³-hybridized carbons (Fsp3) is 0.421. The zero-order chi connectivity index (χ0) is 16.3. The Labute approximate surface area is 137 Å². The molecule has 0 aliphatic heterocycles. The maximum Gasteiger partial charge on any atom is 0.121 e. The van der Waals surface area contributed by atoms with Gasteiger partial charge in [0.15, 0.2) is 0 Å². The Balaban J connectivity index is 2.37. The van der Waals surface area contributed by atoms with E-state index in [0.29, 0.717) is 6.42 Å². The normalized spacial score (nSPS) is 11.5. The molecule has 118 valence electrons. The predicted molar refractivity (Wildman–Crippen MR) is 93.3 cm³/mol. The Morgan fingerprint density at radius 1 is 1.18 bits per heavy atom. The molecule has 0 amide bonds. The van der Waals surface area contributed by atoms with Gasteiger partial charge < -0.3 is 9.53 Å². The Kier molecular flexibility index (Phi) is 5.07. The minimum atomic E-state index is -0.0497. The first-order valence-electron chi connectivity index (χ1n) is 7.58. The van der Waals surface area contributed by atoms with E-state index in [-0.39, 0.29) is 5.41 Å². The SMILES string of the molecule is COc1ccc(C(C)(C)c2cc(C)c(CCC=O)s2)cc1C. The van der Waals surface area contributed by atoms with Gasteiger partial charge in [-0.2, -0.15) is 0 Å². The van der Waals surface area contributed by atoms with Crippen molar-refractivity contribution in [3.8, 4) is 5.75 Å². The van der Waals surface area contributed by atoms with E-state index in [1.807, 2.05) is 17.4 Å². The van der Waals surface area contributed by atoms with Gasteiger partial charge in [-0.05, 0) is 49.1 Å². The number of carbonyl (C=O) groups excluding carboxylic acids is 1. The molecule has 0 saturated heterocycles. The lowest BCUT2D eigenvalue weighted by molar-refractivity contribution is -0.107. The van der Waals surface area contributed by atoms with Crippen molar-refractivity contribution < 1.29 is 9.53 Å². The molecule has 2 nitrogen and oxygen atoms in total. The molecule has 0 unspecified atom stereocenters. The van der Waals surface area contributed by atoms with Gasteiger partial charge in [0.1, 0.15) is 12.0 Å². The standard InChI is InChI=1S/C19H24O2S/c1-13-11-15(8-9-16(13)21-5)19(3,4)18-12-14(2)17(22-18)7-6-10-20/h8-12H,6-7H2,1-5H3. The van der Waals surface area contributed by atoms with Crippen molar-refractivity contribution in [2.45, 2.75) is 46.0 Å². The van der Waals surface area contributed by atoms with Crippen molar-refractivity contribution in [1.29, 1.82) is 0 Å². The average Bonchev–Trinajstić information content (AvgIpc) is 2.87. The molecule has 1 aromatic heterocycles. The Hall–Kier alpha value is -1.61. The van der Waals surface area contributed by atoms with E-state index < -0.39 is 0 Å². The van der Waals surface area contributed by atoms with Crippen LogP contribution < -0.4 is 4.74 Å². The minimum absolute atomic E-state index is 0.0497. The van der Waals surface area contributed by atoms with E-state index in [9.17, 15) is 4.79 Å². The third kappa shape index (κ3) is 3.25. The molecule has 3 heteroatoms. The molecular formula is C19H24O2S. The number of benzene rings is 1. The van der Waals surface area contributed by atoms with Crippen molar-refractivity contribution in [1.82, 2.24) is 0 Å². The van der Waals surface area contributed by atoms with Gasteiger partial charge in [-0.3, -0.25) is 0 Å². The second-order valence-corrected chi connectivity index (χ2v) is 7.37. The molecule has 1 aromatic carbocycles. The summed E-state index contributed by atoms with van der Waals surface area (Å²) in [4.78, 5) is 13.3. The number of hydrogen-bond donors (Lipinski definition) is 0. The molecule has 2 rings (SSSR count). The number of thiophene rings is 1. The molecule has 0 aliphatic rings. The van der Waals surface area contributed by atoms with E-state index in [0.717, 1.165) is 24.0 Å². The number of hydrogen-bond acceptors (Lipinski definition) is 3. The van der Waals surface area contributed by atoms with Crippen LogP contribution in [-0.2, 0) is 16.6 Å². The van der Waals surface area contributed by atoms with Gasteiger partial charge in [0, 0.05) is 21.6 Å². The van der Waals surface area contributed by atoms with Crippen LogP contribution in [0.25, 0.3) is 0 Å². The van der Waals surface area contributed by atoms with Crippen LogP contribution in [0.4, 0.5) is 0 Å². The summed E-state index contributed by atoms with van der Waals surface area (Å²) < 4.78 is 5.36. The van der Waals surface area contributed by atoms with E-state index in [4.69, 9.17) is 4.74 Å². The maximum atomic E-state index is 10.6. The summed E-state index contributed by atoms with van der Waals surface area (Å²) in [7, 11) is 1.70. The van der Waals surface area contributed by atoms with Gasteiger partial charge in [0.05, 0.1) is 7.11 Å². The van der Waals surface area contributed by atoms with E-state index in [1.54, 1.807) is 7.11 Å². The highest BCUT2D eigenvalue weighted by Gasteiger charge is 2.26. The molecule has 1 heterocycles. The van der Waals surface area contributed by atoms with Crippen LogP contribution in [0.5, 0.6) is 5.75 Å². The quantitative estimate of drug-likeness (QED) is 0.713. The summed E-state index contributed by atoms with van der Waals surface area (Å²) in [6, 6.07) is 8.66. The summed E-state index contributed by atoms with van der Waals surface area (Å²) in [5, 5.41) is 0. The molecule has 2 aromatic rings. The molecule has 0 spiro atoms. The van der Waals surface area contributed by atoms with Gasteiger partial charge in [-0.1, -0.05) is 26.0 Å².